The van der Waals surface area contributed by atoms with Crippen LogP contribution in [-0.2, 0) is 4.79 Å². The number of amides is 2. The Hall–Kier alpha value is -2.15. The van der Waals surface area contributed by atoms with Crippen molar-refractivity contribution < 1.29 is 23.8 Å². The number of hydrogen-bond donors (Lipinski definition) is 0. The first-order valence-corrected chi connectivity index (χ1v) is 7.18. The van der Waals surface area contributed by atoms with Gasteiger partial charge < -0.3 is 14.2 Å². The van der Waals surface area contributed by atoms with Crippen LogP contribution in [0.2, 0.25) is 0 Å². The van der Waals surface area contributed by atoms with E-state index in [1.165, 1.54) is 12.0 Å². The number of imide groups is 1. The molecule has 2 amide bonds. The number of carbonyl (C=O) groups is 2. The molecule has 0 radical (unpaired) electrons. The zero-order valence-electron chi connectivity index (χ0n) is 11.5. The van der Waals surface area contributed by atoms with E-state index in [0.29, 0.717) is 34.3 Å². The van der Waals surface area contributed by atoms with Crippen molar-refractivity contribution in [1.29, 1.82) is 0 Å². The van der Waals surface area contributed by atoms with Crippen molar-refractivity contribution >= 4 is 29.0 Å². The molecule has 1 saturated heterocycles. The molecule has 0 spiro atoms. The monoisotopic (exact) mass is 307 g/mol. The van der Waals surface area contributed by atoms with Crippen LogP contribution < -0.4 is 14.2 Å². The van der Waals surface area contributed by atoms with Crippen molar-refractivity contribution in [3.05, 3.63) is 22.6 Å². The Morgan fingerprint density at radius 2 is 2.05 bits per heavy atom. The number of fused-ring (bicyclic) bond motifs is 1. The number of ether oxygens (including phenoxy) is 3. The first-order valence-electron chi connectivity index (χ1n) is 6.37. The normalized spacial score (nSPS) is 18.8. The molecule has 21 heavy (non-hydrogen) atoms. The Kier molecular flexibility index (Phi) is 3.50. The molecule has 3 rings (SSSR count). The highest BCUT2D eigenvalue weighted by Crippen LogP contribution is 2.40. The summed E-state index contributed by atoms with van der Waals surface area (Å²) in [6.45, 7) is 2.29. The van der Waals surface area contributed by atoms with Crippen molar-refractivity contribution in [3.63, 3.8) is 0 Å². The second-order valence-electron chi connectivity index (χ2n) is 4.37. The molecule has 0 saturated carbocycles. The molecule has 0 aromatic heterocycles. The second kappa shape index (κ2) is 5.33. The van der Waals surface area contributed by atoms with Gasteiger partial charge in [-0.1, -0.05) is 0 Å². The molecule has 0 aliphatic carbocycles. The lowest BCUT2D eigenvalue weighted by Crippen LogP contribution is -2.27. The molecule has 2 aliphatic rings. The minimum Gasteiger partial charge on any atom is -0.496 e. The van der Waals surface area contributed by atoms with E-state index in [9.17, 15) is 9.59 Å². The van der Waals surface area contributed by atoms with E-state index in [2.05, 4.69) is 0 Å². The third-order valence-corrected chi connectivity index (χ3v) is 4.11. The predicted octanol–water partition coefficient (Wildman–Crippen LogP) is 2.48. The number of carbonyl (C=O) groups excluding carboxylic acids is 2. The summed E-state index contributed by atoms with van der Waals surface area (Å²) in [5, 5.41) is -0.256. The largest absolute Gasteiger partial charge is 0.496 e. The van der Waals surface area contributed by atoms with Gasteiger partial charge in [-0.3, -0.25) is 14.5 Å². The minimum absolute atomic E-state index is 0.161. The standard InChI is InChI=1S/C14H13NO5S/c1-3-15-13(16)12(21-14(15)17)5-8-4-10-11(20-7-19-10)6-9(8)18-2/h4-6H,3,7H2,1-2H3/b12-5-. The van der Waals surface area contributed by atoms with E-state index in [1.807, 2.05) is 0 Å². The molecular formula is C14H13NO5S. The Labute approximate surface area is 125 Å². The number of nitrogens with zero attached hydrogens (tertiary/aromatic N) is 1. The quantitative estimate of drug-likeness (QED) is 0.799. The highest BCUT2D eigenvalue weighted by Gasteiger charge is 2.34. The number of likely N-dealkylation sites (N-methyl/N-ethyl adjacent to an activating group) is 1. The molecule has 2 aliphatic heterocycles. The number of benzene rings is 1. The Balaban J connectivity index is 2.00. The number of thioether (sulfide) groups is 1. The molecule has 0 atom stereocenters. The number of rotatable bonds is 3. The zero-order valence-corrected chi connectivity index (χ0v) is 12.4. The van der Waals surface area contributed by atoms with Gasteiger partial charge in [-0.05, 0) is 30.8 Å². The van der Waals surface area contributed by atoms with E-state index in [4.69, 9.17) is 14.2 Å². The molecule has 1 fully saturated rings. The fourth-order valence-electron chi connectivity index (χ4n) is 2.14. The van der Waals surface area contributed by atoms with Crippen molar-refractivity contribution in [2.24, 2.45) is 0 Å². The van der Waals surface area contributed by atoms with Crippen LogP contribution in [0.4, 0.5) is 4.79 Å². The van der Waals surface area contributed by atoms with E-state index >= 15 is 0 Å². The summed E-state index contributed by atoms with van der Waals surface area (Å²) in [6, 6.07) is 3.44. The van der Waals surface area contributed by atoms with Gasteiger partial charge in [0.1, 0.15) is 5.75 Å². The summed E-state index contributed by atoms with van der Waals surface area (Å²) in [5.41, 5.74) is 0.670. The third-order valence-electron chi connectivity index (χ3n) is 3.20. The molecule has 2 heterocycles. The van der Waals surface area contributed by atoms with Crippen molar-refractivity contribution in [2.45, 2.75) is 6.92 Å². The molecule has 1 aromatic rings. The summed E-state index contributed by atoms with van der Waals surface area (Å²) in [7, 11) is 1.53. The molecule has 7 heteroatoms. The maximum Gasteiger partial charge on any atom is 0.293 e. The molecule has 0 N–H and O–H groups in total. The molecule has 110 valence electrons. The zero-order chi connectivity index (χ0) is 15.0. The van der Waals surface area contributed by atoms with Crippen molar-refractivity contribution in [2.75, 3.05) is 20.4 Å². The average Bonchev–Trinajstić information content (AvgIpc) is 3.02. The highest BCUT2D eigenvalue weighted by molar-refractivity contribution is 8.18. The van der Waals surface area contributed by atoms with Crippen molar-refractivity contribution in [3.8, 4) is 17.2 Å². The Morgan fingerprint density at radius 1 is 1.33 bits per heavy atom. The summed E-state index contributed by atoms with van der Waals surface area (Å²) in [6.07, 6.45) is 1.64. The minimum atomic E-state index is -0.285. The summed E-state index contributed by atoms with van der Waals surface area (Å²) in [4.78, 5) is 25.4. The predicted molar refractivity (Wildman–Crippen MR) is 77.5 cm³/mol. The Morgan fingerprint density at radius 3 is 2.67 bits per heavy atom. The lowest BCUT2D eigenvalue weighted by atomic mass is 10.1. The van der Waals surface area contributed by atoms with E-state index < -0.39 is 0 Å². The lowest BCUT2D eigenvalue weighted by molar-refractivity contribution is -0.122. The number of methoxy groups -OCH3 is 1. The van der Waals surface area contributed by atoms with Gasteiger partial charge in [-0.2, -0.15) is 0 Å². The SMILES string of the molecule is CCN1C(=O)S/C(=C\c2cc3c(cc2OC)OCO3)C1=O. The summed E-state index contributed by atoms with van der Waals surface area (Å²) in [5.74, 6) is 1.47. The van der Waals surface area contributed by atoms with E-state index in [-0.39, 0.29) is 17.9 Å². The molecule has 0 bridgehead atoms. The number of hydrogen-bond acceptors (Lipinski definition) is 6. The fourth-order valence-corrected chi connectivity index (χ4v) is 3.04. The molecule has 6 nitrogen and oxygen atoms in total. The topological polar surface area (TPSA) is 65.1 Å². The third kappa shape index (κ3) is 2.33. The van der Waals surface area contributed by atoms with Crippen LogP contribution in [0.1, 0.15) is 12.5 Å². The Bertz CT molecular complexity index is 655. The van der Waals surface area contributed by atoms with E-state index in [1.54, 1.807) is 25.1 Å². The average molecular weight is 307 g/mol. The highest BCUT2D eigenvalue weighted by atomic mass is 32.2. The van der Waals surface area contributed by atoms with Gasteiger partial charge in [0.2, 0.25) is 6.79 Å². The van der Waals surface area contributed by atoms with Gasteiger partial charge in [0, 0.05) is 18.2 Å². The first kappa shape index (κ1) is 13.8. The van der Waals surface area contributed by atoms with Gasteiger partial charge in [0.05, 0.1) is 12.0 Å². The van der Waals surface area contributed by atoms with Crippen LogP contribution in [0.25, 0.3) is 6.08 Å². The smallest absolute Gasteiger partial charge is 0.293 e. The van der Waals surface area contributed by atoms with E-state index in [0.717, 1.165) is 11.8 Å². The van der Waals surface area contributed by atoms with Gasteiger partial charge in [-0.25, -0.2) is 0 Å². The van der Waals surface area contributed by atoms with Crippen LogP contribution in [0.3, 0.4) is 0 Å². The second-order valence-corrected chi connectivity index (χ2v) is 5.37. The van der Waals surface area contributed by atoms with Crippen LogP contribution in [0.15, 0.2) is 17.0 Å². The van der Waals surface area contributed by atoms with Crippen LogP contribution in [-0.4, -0.2) is 36.5 Å². The van der Waals surface area contributed by atoms with Crippen LogP contribution in [0, 0.1) is 0 Å². The first-order chi connectivity index (χ1) is 10.1. The van der Waals surface area contributed by atoms with Gasteiger partial charge in [0.15, 0.2) is 11.5 Å². The van der Waals surface area contributed by atoms with Gasteiger partial charge in [0.25, 0.3) is 11.1 Å². The molecule has 0 unspecified atom stereocenters. The van der Waals surface area contributed by atoms with Crippen LogP contribution in [0.5, 0.6) is 17.2 Å². The lowest BCUT2D eigenvalue weighted by Gasteiger charge is -2.08. The molecule has 1 aromatic carbocycles. The maximum atomic E-state index is 12.1. The van der Waals surface area contributed by atoms with Gasteiger partial charge >= 0.3 is 0 Å². The fraction of sp³-hybridized carbons (Fsp3) is 0.286. The molecular weight excluding hydrogens is 294 g/mol. The maximum absolute atomic E-state index is 12.1. The van der Waals surface area contributed by atoms with Gasteiger partial charge in [-0.15, -0.1) is 0 Å². The summed E-state index contributed by atoms with van der Waals surface area (Å²) >= 11 is 0.925. The van der Waals surface area contributed by atoms with Crippen LogP contribution >= 0.6 is 11.8 Å². The summed E-state index contributed by atoms with van der Waals surface area (Å²) < 4.78 is 15.9. The van der Waals surface area contributed by atoms with Crippen molar-refractivity contribution in [1.82, 2.24) is 4.90 Å².